The minimum absolute atomic E-state index is 0.203. The van der Waals surface area contributed by atoms with Crippen LogP contribution in [0.1, 0.15) is 51.9 Å². The van der Waals surface area contributed by atoms with Crippen molar-refractivity contribution in [2.75, 3.05) is 0 Å². The predicted octanol–water partition coefficient (Wildman–Crippen LogP) is 3.35. The Kier molecular flexibility index (Phi) is 7.15. The van der Waals surface area contributed by atoms with Gasteiger partial charge in [-0.25, -0.2) is 9.59 Å². The Morgan fingerprint density at radius 2 is 1.56 bits per heavy atom. The van der Waals surface area contributed by atoms with Crippen LogP contribution in [-0.4, -0.2) is 35.6 Å². The summed E-state index contributed by atoms with van der Waals surface area (Å²) in [7, 11) is 0. The van der Waals surface area contributed by atoms with Gasteiger partial charge in [0.25, 0.3) is 0 Å². The lowest BCUT2D eigenvalue weighted by molar-refractivity contribution is -0.150. The van der Waals surface area contributed by atoms with E-state index in [9.17, 15) is 14.4 Å². The molecule has 1 amide bonds. The standard InChI is InChI=1S/C19H27NO5/c1-12(2)16(15(21)14-10-8-7-9-11-14)24-17(22)13(3)20-18(23)25-19(4,5)6/h7-13,16H,1-6H3,(H,20,23)/t13-,16+/m0/s1. The summed E-state index contributed by atoms with van der Waals surface area (Å²) < 4.78 is 10.5. The predicted molar refractivity (Wildman–Crippen MR) is 94.3 cm³/mol. The number of hydrogen-bond acceptors (Lipinski definition) is 5. The molecule has 0 aromatic heterocycles. The van der Waals surface area contributed by atoms with Crippen molar-refractivity contribution in [2.45, 2.75) is 59.3 Å². The van der Waals surface area contributed by atoms with Gasteiger partial charge in [0.15, 0.2) is 6.10 Å². The molecule has 138 valence electrons. The summed E-state index contributed by atoms with van der Waals surface area (Å²) in [6.45, 7) is 10.3. The molecule has 6 nitrogen and oxygen atoms in total. The van der Waals surface area contributed by atoms with Gasteiger partial charge in [-0.05, 0) is 33.6 Å². The molecule has 0 fully saturated rings. The Hall–Kier alpha value is -2.37. The van der Waals surface area contributed by atoms with Crippen LogP contribution < -0.4 is 5.32 Å². The number of carbonyl (C=O) groups is 3. The molecule has 0 bridgehead atoms. The van der Waals surface area contributed by atoms with Gasteiger partial charge in [-0.2, -0.15) is 0 Å². The van der Waals surface area contributed by atoms with Crippen LogP contribution in [0.25, 0.3) is 0 Å². The highest BCUT2D eigenvalue weighted by Crippen LogP contribution is 2.15. The molecule has 0 saturated heterocycles. The van der Waals surface area contributed by atoms with Crippen molar-refractivity contribution >= 4 is 17.8 Å². The summed E-state index contributed by atoms with van der Waals surface area (Å²) in [6.07, 6.45) is -1.63. The number of rotatable bonds is 6. The van der Waals surface area contributed by atoms with E-state index >= 15 is 0 Å². The largest absolute Gasteiger partial charge is 0.452 e. The highest BCUT2D eigenvalue weighted by atomic mass is 16.6. The minimum atomic E-state index is -0.931. The lowest BCUT2D eigenvalue weighted by atomic mass is 9.97. The van der Waals surface area contributed by atoms with Crippen LogP contribution in [0, 0.1) is 5.92 Å². The molecule has 1 aromatic rings. The molecule has 6 heteroatoms. The first-order valence-electron chi connectivity index (χ1n) is 8.30. The summed E-state index contributed by atoms with van der Waals surface area (Å²) in [5, 5.41) is 2.41. The van der Waals surface area contributed by atoms with E-state index in [1.807, 2.05) is 0 Å². The summed E-state index contributed by atoms with van der Waals surface area (Å²) in [4.78, 5) is 36.6. The second-order valence-corrected chi connectivity index (χ2v) is 7.20. The highest BCUT2D eigenvalue weighted by Gasteiger charge is 2.30. The van der Waals surface area contributed by atoms with Crippen molar-refractivity contribution in [1.82, 2.24) is 5.32 Å². The monoisotopic (exact) mass is 349 g/mol. The number of carbonyl (C=O) groups excluding carboxylic acids is 3. The topological polar surface area (TPSA) is 81.7 Å². The molecule has 0 aliphatic heterocycles. The zero-order chi connectivity index (χ0) is 19.2. The van der Waals surface area contributed by atoms with Crippen molar-refractivity contribution < 1.29 is 23.9 Å². The third-order valence-electron chi connectivity index (χ3n) is 3.25. The van der Waals surface area contributed by atoms with Gasteiger partial charge in [-0.1, -0.05) is 44.2 Å². The van der Waals surface area contributed by atoms with E-state index in [0.717, 1.165) is 0 Å². The van der Waals surface area contributed by atoms with E-state index in [4.69, 9.17) is 9.47 Å². The fraction of sp³-hybridized carbons (Fsp3) is 0.526. The zero-order valence-corrected chi connectivity index (χ0v) is 15.7. The van der Waals surface area contributed by atoms with E-state index in [1.165, 1.54) is 6.92 Å². The Balaban J connectivity index is 2.73. The zero-order valence-electron chi connectivity index (χ0n) is 15.7. The minimum Gasteiger partial charge on any atom is -0.452 e. The number of amides is 1. The Morgan fingerprint density at radius 1 is 1.00 bits per heavy atom. The molecule has 2 atom stereocenters. The van der Waals surface area contributed by atoms with Gasteiger partial charge in [0.05, 0.1) is 0 Å². The Bertz CT molecular complexity index is 604. The quantitative estimate of drug-likeness (QED) is 0.629. The van der Waals surface area contributed by atoms with Gasteiger partial charge in [0.1, 0.15) is 11.6 Å². The first kappa shape index (κ1) is 20.7. The van der Waals surface area contributed by atoms with Gasteiger partial charge in [-0.3, -0.25) is 4.79 Å². The average Bonchev–Trinajstić information content (AvgIpc) is 2.50. The summed E-state index contributed by atoms with van der Waals surface area (Å²) >= 11 is 0. The summed E-state index contributed by atoms with van der Waals surface area (Å²) in [5.74, 6) is -1.16. The van der Waals surface area contributed by atoms with E-state index in [1.54, 1.807) is 65.0 Å². The number of hydrogen-bond donors (Lipinski definition) is 1. The van der Waals surface area contributed by atoms with Crippen molar-refractivity contribution in [1.29, 1.82) is 0 Å². The van der Waals surface area contributed by atoms with Crippen LogP contribution in [0.4, 0.5) is 4.79 Å². The lowest BCUT2D eigenvalue weighted by Gasteiger charge is -2.24. The normalized spacial score (nSPS) is 13.7. The van der Waals surface area contributed by atoms with Crippen LogP contribution in [0.15, 0.2) is 30.3 Å². The SMILES string of the molecule is CC(C)[C@@H](OC(=O)[C@H](C)NC(=O)OC(C)(C)C)C(=O)c1ccccc1. The van der Waals surface area contributed by atoms with Crippen molar-refractivity contribution in [2.24, 2.45) is 5.92 Å². The van der Waals surface area contributed by atoms with Crippen molar-refractivity contribution in [3.8, 4) is 0 Å². The number of Topliss-reactive ketones (excluding diaryl/α,β-unsaturated/α-hetero) is 1. The molecule has 0 aliphatic rings. The van der Waals surface area contributed by atoms with Crippen LogP contribution in [0.3, 0.4) is 0 Å². The number of nitrogens with one attached hydrogen (secondary N) is 1. The molecule has 25 heavy (non-hydrogen) atoms. The fourth-order valence-corrected chi connectivity index (χ4v) is 2.03. The molecular formula is C19H27NO5. The molecule has 1 N–H and O–H groups in total. The highest BCUT2D eigenvalue weighted by molar-refractivity contribution is 6.00. The molecule has 0 unspecified atom stereocenters. The van der Waals surface area contributed by atoms with Crippen LogP contribution >= 0.6 is 0 Å². The average molecular weight is 349 g/mol. The second-order valence-electron chi connectivity index (χ2n) is 7.20. The first-order valence-corrected chi connectivity index (χ1v) is 8.30. The van der Waals surface area contributed by atoms with Crippen molar-refractivity contribution in [3.05, 3.63) is 35.9 Å². The fourth-order valence-electron chi connectivity index (χ4n) is 2.03. The van der Waals surface area contributed by atoms with E-state index in [0.29, 0.717) is 5.56 Å². The van der Waals surface area contributed by atoms with Gasteiger partial charge in [0, 0.05) is 5.56 Å². The van der Waals surface area contributed by atoms with Gasteiger partial charge >= 0.3 is 12.1 Å². The van der Waals surface area contributed by atoms with Crippen LogP contribution in [-0.2, 0) is 14.3 Å². The van der Waals surface area contributed by atoms with Crippen LogP contribution in [0.5, 0.6) is 0 Å². The number of esters is 1. The molecule has 0 aliphatic carbocycles. The van der Waals surface area contributed by atoms with Crippen LogP contribution in [0.2, 0.25) is 0 Å². The molecule has 0 spiro atoms. The third kappa shape index (κ3) is 6.95. The first-order chi connectivity index (χ1) is 11.5. The Morgan fingerprint density at radius 3 is 2.04 bits per heavy atom. The van der Waals surface area contributed by atoms with Crippen molar-refractivity contribution in [3.63, 3.8) is 0 Å². The van der Waals surface area contributed by atoms with E-state index < -0.39 is 29.8 Å². The summed E-state index contributed by atoms with van der Waals surface area (Å²) in [6, 6.07) is 7.72. The number of ether oxygens (including phenoxy) is 2. The third-order valence-corrected chi connectivity index (χ3v) is 3.25. The molecule has 0 saturated carbocycles. The number of benzene rings is 1. The second kappa shape index (κ2) is 8.65. The molecule has 0 radical (unpaired) electrons. The Labute approximate surface area is 148 Å². The molecule has 1 rings (SSSR count). The lowest BCUT2D eigenvalue weighted by Crippen LogP contribution is -2.45. The van der Waals surface area contributed by atoms with Gasteiger partial charge < -0.3 is 14.8 Å². The van der Waals surface area contributed by atoms with Gasteiger partial charge in [0.2, 0.25) is 5.78 Å². The van der Waals surface area contributed by atoms with Gasteiger partial charge in [-0.15, -0.1) is 0 Å². The maximum absolute atomic E-state index is 12.6. The maximum Gasteiger partial charge on any atom is 0.408 e. The maximum atomic E-state index is 12.6. The molecule has 0 heterocycles. The van der Waals surface area contributed by atoms with E-state index in [2.05, 4.69) is 5.32 Å². The smallest absolute Gasteiger partial charge is 0.408 e. The number of alkyl carbamates (subject to hydrolysis) is 1. The van der Waals surface area contributed by atoms with E-state index in [-0.39, 0.29) is 11.7 Å². The molecular weight excluding hydrogens is 322 g/mol. The summed E-state index contributed by atoms with van der Waals surface area (Å²) in [5.41, 5.74) is -0.195. The molecule has 1 aromatic carbocycles. The number of ketones is 1.